The van der Waals surface area contributed by atoms with E-state index in [9.17, 15) is 13.2 Å². The van der Waals surface area contributed by atoms with Crippen LogP contribution in [0.25, 0.3) is 0 Å². The molecule has 0 aliphatic rings. The first-order valence-corrected chi connectivity index (χ1v) is 10.6. The lowest BCUT2D eigenvalue weighted by molar-refractivity contribution is -0.118. The third kappa shape index (κ3) is 5.92. The Morgan fingerprint density at radius 1 is 0.933 bits per heavy atom. The summed E-state index contributed by atoms with van der Waals surface area (Å²) in [6, 6.07) is 24.0. The maximum atomic E-state index is 12.3. The van der Waals surface area contributed by atoms with E-state index in [0.717, 1.165) is 0 Å². The Morgan fingerprint density at radius 3 is 2.30 bits per heavy atom. The second-order valence-corrected chi connectivity index (χ2v) is 8.00. The molecule has 0 saturated carbocycles. The average Bonchev–Trinajstić information content (AvgIpc) is 2.77. The number of anilines is 1. The van der Waals surface area contributed by atoms with Gasteiger partial charge in [0.25, 0.3) is 15.9 Å². The Hall–Kier alpha value is -3.65. The van der Waals surface area contributed by atoms with Gasteiger partial charge in [0.1, 0.15) is 5.75 Å². The molecule has 0 saturated heterocycles. The van der Waals surface area contributed by atoms with E-state index < -0.39 is 10.0 Å². The van der Waals surface area contributed by atoms with Crippen molar-refractivity contribution in [3.63, 3.8) is 0 Å². The molecule has 0 aromatic heterocycles. The van der Waals surface area contributed by atoms with E-state index in [1.807, 2.05) is 18.2 Å². The van der Waals surface area contributed by atoms with Gasteiger partial charge in [-0.15, -0.1) is 0 Å². The fraction of sp³-hybridized carbons (Fsp3) is 0.0909. The standard InChI is InChI=1S/C22H21N3O4S/c1-17(24-25-30(27,28)21-13-6-3-7-14-21)18-9-8-10-19(15-18)23-22(26)16-29-20-11-4-2-5-12-20/h2-15,25H,16H2,1H3,(H,23,26)/b24-17-. The number of carbonyl (C=O) groups excluding carboxylic acids is 1. The number of hydrogen-bond donors (Lipinski definition) is 2. The molecule has 2 N–H and O–H groups in total. The third-order valence-corrected chi connectivity index (χ3v) is 5.29. The summed E-state index contributed by atoms with van der Waals surface area (Å²) in [5, 5.41) is 6.73. The number of ether oxygens (including phenoxy) is 1. The molecule has 7 nitrogen and oxygen atoms in total. The topological polar surface area (TPSA) is 96.9 Å². The zero-order chi connectivity index (χ0) is 21.4. The number of benzene rings is 3. The summed E-state index contributed by atoms with van der Waals surface area (Å²) < 4.78 is 30.0. The number of carbonyl (C=O) groups is 1. The average molecular weight is 423 g/mol. The molecule has 0 unspecified atom stereocenters. The predicted octanol–water partition coefficient (Wildman–Crippen LogP) is 3.41. The number of para-hydroxylation sites is 1. The largest absolute Gasteiger partial charge is 0.484 e. The van der Waals surface area contributed by atoms with Gasteiger partial charge in [0.05, 0.1) is 10.6 Å². The Labute approximate surface area is 175 Å². The summed E-state index contributed by atoms with van der Waals surface area (Å²) in [7, 11) is -3.75. The van der Waals surface area contributed by atoms with Crippen molar-refractivity contribution in [1.29, 1.82) is 0 Å². The minimum absolute atomic E-state index is 0.126. The highest BCUT2D eigenvalue weighted by molar-refractivity contribution is 7.89. The molecular weight excluding hydrogens is 402 g/mol. The van der Waals surface area contributed by atoms with E-state index in [0.29, 0.717) is 22.7 Å². The summed E-state index contributed by atoms with van der Waals surface area (Å²) in [4.78, 5) is 14.5. The Bertz CT molecular complexity index is 1130. The van der Waals surface area contributed by atoms with Crippen molar-refractivity contribution < 1.29 is 17.9 Å². The van der Waals surface area contributed by atoms with E-state index in [1.54, 1.807) is 61.5 Å². The number of hydrazone groups is 1. The van der Waals surface area contributed by atoms with Gasteiger partial charge in [-0.25, -0.2) is 0 Å². The number of sulfonamides is 1. The van der Waals surface area contributed by atoms with Crippen LogP contribution in [0.3, 0.4) is 0 Å². The highest BCUT2D eigenvalue weighted by Crippen LogP contribution is 2.13. The Kier molecular flexibility index (Phi) is 6.82. The molecule has 0 radical (unpaired) electrons. The molecular formula is C22H21N3O4S. The van der Waals surface area contributed by atoms with Gasteiger partial charge < -0.3 is 10.1 Å². The van der Waals surface area contributed by atoms with Gasteiger partial charge in [0.15, 0.2) is 6.61 Å². The van der Waals surface area contributed by atoms with Crippen LogP contribution >= 0.6 is 0 Å². The van der Waals surface area contributed by atoms with Crippen LogP contribution in [0, 0.1) is 0 Å². The second kappa shape index (κ2) is 9.71. The number of nitrogens with zero attached hydrogens (tertiary/aromatic N) is 1. The first-order valence-electron chi connectivity index (χ1n) is 9.13. The molecule has 0 aliphatic carbocycles. The van der Waals surface area contributed by atoms with E-state index in [2.05, 4.69) is 15.2 Å². The van der Waals surface area contributed by atoms with E-state index in [-0.39, 0.29) is 17.4 Å². The molecule has 3 aromatic rings. The molecule has 0 heterocycles. The molecule has 154 valence electrons. The quantitative estimate of drug-likeness (QED) is 0.429. The lowest BCUT2D eigenvalue weighted by Gasteiger charge is -2.09. The van der Waals surface area contributed by atoms with Crippen LogP contribution in [0.15, 0.2) is 94.9 Å². The van der Waals surface area contributed by atoms with Crippen LogP contribution in [0.2, 0.25) is 0 Å². The molecule has 3 aromatic carbocycles. The number of rotatable bonds is 8. The zero-order valence-corrected chi connectivity index (χ0v) is 17.1. The van der Waals surface area contributed by atoms with Gasteiger partial charge in [-0.1, -0.05) is 48.5 Å². The first kappa shape index (κ1) is 21.1. The smallest absolute Gasteiger partial charge is 0.276 e. The van der Waals surface area contributed by atoms with Crippen LogP contribution in [0.5, 0.6) is 5.75 Å². The minimum Gasteiger partial charge on any atom is -0.484 e. The fourth-order valence-electron chi connectivity index (χ4n) is 2.53. The van der Waals surface area contributed by atoms with Crippen molar-refractivity contribution >= 4 is 27.3 Å². The Balaban J connectivity index is 1.62. The van der Waals surface area contributed by atoms with Crippen molar-refractivity contribution in [2.75, 3.05) is 11.9 Å². The van der Waals surface area contributed by atoms with Gasteiger partial charge in [-0.05, 0) is 48.9 Å². The van der Waals surface area contributed by atoms with Crippen molar-refractivity contribution in [2.45, 2.75) is 11.8 Å². The van der Waals surface area contributed by atoms with E-state index in [1.165, 1.54) is 12.1 Å². The van der Waals surface area contributed by atoms with Gasteiger partial charge >= 0.3 is 0 Å². The SMILES string of the molecule is C/C(=N/NS(=O)(=O)c1ccccc1)c1cccc(NC(=O)COc2ccccc2)c1. The lowest BCUT2D eigenvalue weighted by Crippen LogP contribution is -2.21. The van der Waals surface area contributed by atoms with Crippen molar-refractivity contribution in [3.8, 4) is 5.75 Å². The molecule has 8 heteroatoms. The first-order chi connectivity index (χ1) is 14.4. The summed E-state index contributed by atoms with van der Waals surface area (Å²) >= 11 is 0. The molecule has 1 amide bonds. The highest BCUT2D eigenvalue weighted by Gasteiger charge is 2.12. The van der Waals surface area contributed by atoms with Crippen LogP contribution in [0.4, 0.5) is 5.69 Å². The Morgan fingerprint density at radius 2 is 1.60 bits per heavy atom. The molecule has 0 bridgehead atoms. The van der Waals surface area contributed by atoms with Gasteiger partial charge in [0.2, 0.25) is 0 Å². The maximum absolute atomic E-state index is 12.3. The van der Waals surface area contributed by atoms with Crippen molar-refractivity contribution in [1.82, 2.24) is 4.83 Å². The number of amides is 1. The van der Waals surface area contributed by atoms with Crippen LogP contribution < -0.4 is 14.9 Å². The predicted molar refractivity (Wildman–Crippen MR) is 116 cm³/mol. The summed E-state index contributed by atoms with van der Waals surface area (Å²) in [6.45, 7) is 1.55. The summed E-state index contributed by atoms with van der Waals surface area (Å²) in [6.07, 6.45) is 0. The minimum atomic E-state index is -3.75. The third-order valence-electron chi connectivity index (χ3n) is 4.06. The van der Waals surface area contributed by atoms with Crippen molar-refractivity contribution in [3.05, 3.63) is 90.5 Å². The maximum Gasteiger partial charge on any atom is 0.276 e. The lowest BCUT2D eigenvalue weighted by atomic mass is 10.1. The molecule has 3 rings (SSSR count). The van der Waals surface area contributed by atoms with Crippen LogP contribution in [-0.2, 0) is 14.8 Å². The summed E-state index contributed by atoms with van der Waals surface area (Å²) in [5.41, 5.74) is 1.66. The number of nitrogens with one attached hydrogen (secondary N) is 2. The zero-order valence-electron chi connectivity index (χ0n) is 16.3. The molecule has 0 atom stereocenters. The van der Waals surface area contributed by atoms with Gasteiger partial charge in [-0.2, -0.15) is 18.4 Å². The molecule has 0 fully saturated rings. The fourth-order valence-corrected chi connectivity index (χ4v) is 3.41. The molecule has 0 spiro atoms. The van der Waals surface area contributed by atoms with E-state index in [4.69, 9.17) is 4.74 Å². The van der Waals surface area contributed by atoms with Gasteiger partial charge in [-0.3, -0.25) is 4.79 Å². The summed E-state index contributed by atoms with van der Waals surface area (Å²) in [5.74, 6) is 0.297. The van der Waals surface area contributed by atoms with Crippen LogP contribution in [0.1, 0.15) is 12.5 Å². The van der Waals surface area contributed by atoms with Crippen molar-refractivity contribution in [2.24, 2.45) is 5.10 Å². The molecule has 30 heavy (non-hydrogen) atoms. The van der Waals surface area contributed by atoms with E-state index >= 15 is 0 Å². The normalized spacial score (nSPS) is 11.6. The van der Waals surface area contributed by atoms with Gasteiger partial charge in [0, 0.05) is 5.69 Å². The monoisotopic (exact) mass is 423 g/mol. The highest BCUT2D eigenvalue weighted by atomic mass is 32.2. The van der Waals surface area contributed by atoms with Crippen LogP contribution in [-0.4, -0.2) is 26.6 Å². The second-order valence-electron chi connectivity index (χ2n) is 6.34. The number of hydrogen-bond acceptors (Lipinski definition) is 5. The molecule has 0 aliphatic heterocycles.